The number of carbonyl (C=O) groups excluding carboxylic acids is 1. The highest BCUT2D eigenvalue weighted by Gasteiger charge is 2.20. The largest absolute Gasteiger partial charge is 0.370 e. The number of allylic oxidation sites excluding steroid dienone is 1. The molecule has 0 aromatic heterocycles. The van der Waals surface area contributed by atoms with Crippen molar-refractivity contribution in [1.29, 1.82) is 0 Å². The number of fused-ring (bicyclic) bond motifs is 1. The lowest BCUT2D eigenvalue weighted by Crippen LogP contribution is -2.29. The Bertz CT molecular complexity index is 491. The van der Waals surface area contributed by atoms with Crippen molar-refractivity contribution < 1.29 is 9.18 Å². The van der Waals surface area contributed by atoms with Crippen LogP contribution in [0.2, 0.25) is 0 Å². The summed E-state index contributed by atoms with van der Waals surface area (Å²) in [5.74, 6) is -0.285. The average Bonchev–Trinajstić information content (AvgIpc) is 2.27. The first kappa shape index (κ1) is 11.8. The molecule has 0 bridgehead atoms. The van der Waals surface area contributed by atoms with Crippen LogP contribution in [0.5, 0.6) is 0 Å². The summed E-state index contributed by atoms with van der Waals surface area (Å²) in [6.07, 6.45) is 2.62. The molecule has 0 aliphatic carbocycles. The van der Waals surface area contributed by atoms with Gasteiger partial charge in [0.15, 0.2) is 6.29 Å². The molecule has 1 aliphatic heterocycles. The number of aryl methyl sites for hydroxylation is 1. The van der Waals surface area contributed by atoms with Gasteiger partial charge in [0.1, 0.15) is 5.82 Å². The van der Waals surface area contributed by atoms with Crippen LogP contribution < -0.4 is 0 Å². The second-order valence-electron chi connectivity index (χ2n) is 4.72. The maximum absolute atomic E-state index is 13.4. The van der Waals surface area contributed by atoms with E-state index in [1.807, 2.05) is 13.1 Å². The summed E-state index contributed by atoms with van der Waals surface area (Å²) in [7, 11) is 0. The van der Waals surface area contributed by atoms with E-state index in [1.54, 1.807) is 0 Å². The van der Waals surface area contributed by atoms with Gasteiger partial charge < -0.3 is 4.90 Å². The van der Waals surface area contributed by atoms with Gasteiger partial charge in [0.25, 0.3) is 0 Å². The van der Waals surface area contributed by atoms with E-state index in [2.05, 4.69) is 18.7 Å². The summed E-state index contributed by atoms with van der Waals surface area (Å²) < 4.78 is 13.4. The predicted octanol–water partition coefficient (Wildman–Crippen LogP) is 2.90. The molecule has 0 unspecified atom stereocenters. The van der Waals surface area contributed by atoms with E-state index in [0.29, 0.717) is 11.6 Å². The maximum Gasteiger partial charge on any atom is 0.152 e. The molecule has 0 saturated carbocycles. The van der Waals surface area contributed by atoms with Crippen LogP contribution in [0.25, 0.3) is 5.57 Å². The minimum atomic E-state index is -0.285. The number of carbonyl (C=O) groups is 1. The summed E-state index contributed by atoms with van der Waals surface area (Å²) in [5.41, 5.74) is 3.24. The molecule has 1 aromatic carbocycles. The van der Waals surface area contributed by atoms with Crippen LogP contribution in [-0.4, -0.2) is 17.2 Å². The quantitative estimate of drug-likeness (QED) is 0.732. The van der Waals surface area contributed by atoms with E-state index < -0.39 is 0 Å². The van der Waals surface area contributed by atoms with Gasteiger partial charge in [0, 0.05) is 24.4 Å². The van der Waals surface area contributed by atoms with Crippen molar-refractivity contribution >= 4 is 11.9 Å². The zero-order chi connectivity index (χ0) is 12.6. The Kier molecular flexibility index (Phi) is 3.01. The molecule has 17 heavy (non-hydrogen) atoms. The Morgan fingerprint density at radius 2 is 2.12 bits per heavy atom. The number of benzene rings is 1. The van der Waals surface area contributed by atoms with Crippen molar-refractivity contribution in [2.24, 2.45) is 0 Å². The SMILES string of the molecule is Cc1cc(F)cc2c1CN(C(C)C)C=C2C=O. The van der Waals surface area contributed by atoms with Gasteiger partial charge in [-0.15, -0.1) is 0 Å². The van der Waals surface area contributed by atoms with Gasteiger partial charge in [-0.05, 0) is 49.6 Å². The van der Waals surface area contributed by atoms with E-state index in [0.717, 1.165) is 29.5 Å². The normalized spacial score (nSPS) is 14.6. The molecular formula is C14H16FNO. The van der Waals surface area contributed by atoms with E-state index >= 15 is 0 Å². The molecule has 0 amide bonds. The molecule has 1 aliphatic rings. The lowest BCUT2D eigenvalue weighted by Gasteiger charge is -2.31. The molecule has 2 nitrogen and oxygen atoms in total. The Morgan fingerprint density at radius 3 is 2.71 bits per heavy atom. The predicted molar refractivity (Wildman–Crippen MR) is 65.9 cm³/mol. The van der Waals surface area contributed by atoms with Crippen LogP contribution in [0.1, 0.15) is 30.5 Å². The fourth-order valence-corrected chi connectivity index (χ4v) is 2.14. The molecule has 0 radical (unpaired) electrons. The van der Waals surface area contributed by atoms with Crippen LogP contribution in [0.4, 0.5) is 4.39 Å². The molecule has 1 heterocycles. The average molecular weight is 233 g/mol. The third-order valence-corrected chi connectivity index (χ3v) is 3.18. The van der Waals surface area contributed by atoms with E-state index in [9.17, 15) is 9.18 Å². The lowest BCUT2D eigenvalue weighted by molar-refractivity contribution is -0.103. The lowest BCUT2D eigenvalue weighted by atomic mass is 9.93. The standard InChI is InChI=1S/C14H16FNO/c1-9(2)16-6-11(8-17)13-5-12(15)4-10(3)14(13)7-16/h4-6,8-9H,7H2,1-3H3. The van der Waals surface area contributed by atoms with Gasteiger partial charge in [-0.3, -0.25) is 4.79 Å². The molecule has 90 valence electrons. The smallest absolute Gasteiger partial charge is 0.152 e. The van der Waals surface area contributed by atoms with Gasteiger partial charge in [-0.1, -0.05) is 0 Å². The van der Waals surface area contributed by atoms with Gasteiger partial charge in [0.2, 0.25) is 0 Å². The van der Waals surface area contributed by atoms with Crippen molar-refractivity contribution in [2.45, 2.75) is 33.4 Å². The van der Waals surface area contributed by atoms with Crippen LogP contribution >= 0.6 is 0 Å². The second-order valence-corrected chi connectivity index (χ2v) is 4.72. The highest BCUT2D eigenvalue weighted by molar-refractivity contribution is 6.07. The van der Waals surface area contributed by atoms with E-state index in [-0.39, 0.29) is 5.82 Å². The monoisotopic (exact) mass is 233 g/mol. The Labute approximate surface area is 101 Å². The van der Waals surface area contributed by atoms with Crippen molar-refractivity contribution in [3.63, 3.8) is 0 Å². The minimum Gasteiger partial charge on any atom is -0.370 e. The number of nitrogens with zero attached hydrogens (tertiary/aromatic N) is 1. The molecular weight excluding hydrogens is 217 g/mol. The van der Waals surface area contributed by atoms with E-state index in [4.69, 9.17) is 0 Å². The third-order valence-electron chi connectivity index (χ3n) is 3.18. The fourth-order valence-electron chi connectivity index (χ4n) is 2.14. The Morgan fingerprint density at radius 1 is 1.41 bits per heavy atom. The highest BCUT2D eigenvalue weighted by atomic mass is 19.1. The molecule has 0 atom stereocenters. The zero-order valence-electron chi connectivity index (χ0n) is 10.3. The van der Waals surface area contributed by atoms with Gasteiger partial charge in [-0.25, -0.2) is 4.39 Å². The number of halogens is 1. The third kappa shape index (κ3) is 2.09. The molecule has 0 spiro atoms. The van der Waals surface area contributed by atoms with Crippen molar-refractivity contribution in [3.05, 3.63) is 40.8 Å². The number of rotatable bonds is 2. The zero-order valence-corrected chi connectivity index (χ0v) is 10.3. The Hall–Kier alpha value is -1.64. The van der Waals surface area contributed by atoms with Crippen LogP contribution in [-0.2, 0) is 11.3 Å². The van der Waals surface area contributed by atoms with Crippen molar-refractivity contribution in [3.8, 4) is 0 Å². The van der Waals surface area contributed by atoms with Gasteiger partial charge in [-0.2, -0.15) is 0 Å². The number of aldehydes is 1. The summed E-state index contributed by atoms with van der Waals surface area (Å²) in [4.78, 5) is 13.2. The van der Waals surface area contributed by atoms with Crippen LogP contribution in [0, 0.1) is 12.7 Å². The van der Waals surface area contributed by atoms with Gasteiger partial charge >= 0.3 is 0 Å². The first-order chi connectivity index (χ1) is 8.02. The molecule has 3 heteroatoms. The topological polar surface area (TPSA) is 20.3 Å². The molecule has 0 saturated heterocycles. The Balaban J connectivity index is 2.57. The molecule has 0 fully saturated rings. The minimum absolute atomic E-state index is 0.285. The number of hydrogen-bond donors (Lipinski definition) is 0. The van der Waals surface area contributed by atoms with Crippen LogP contribution in [0.3, 0.4) is 0 Å². The summed E-state index contributed by atoms with van der Waals surface area (Å²) in [6, 6.07) is 3.29. The van der Waals surface area contributed by atoms with Crippen molar-refractivity contribution in [2.75, 3.05) is 0 Å². The maximum atomic E-state index is 13.4. The molecule has 1 aromatic rings. The molecule has 2 rings (SSSR count). The van der Waals surface area contributed by atoms with Crippen molar-refractivity contribution in [1.82, 2.24) is 4.90 Å². The first-order valence-electron chi connectivity index (χ1n) is 5.75. The first-order valence-corrected chi connectivity index (χ1v) is 5.75. The van der Waals surface area contributed by atoms with E-state index in [1.165, 1.54) is 12.1 Å². The summed E-state index contributed by atoms with van der Waals surface area (Å²) >= 11 is 0. The van der Waals surface area contributed by atoms with Gasteiger partial charge in [0.05, 0.1) is 0 Å². The highest BCUT2D eigenvalue weighted by Crippen LogP contribution is 2.29. The number of hydrogen-bond acceptors (Lipinski definition) is 2. The molecule has 0 N–H and O–H groups in total. The second kappa shape index (κ2) is 4.32. The summed E-state index contributed by atoms with van der Waals surface area (Å²) in [5, 5.41) is 0. The fraction of sp³-hybridized carbons (Fsp3) is 0.357. The summed E-state index contributed by atoms with van der Waals surface area (Å²) in [6.45, 7) is 6.76. The van der Waals surface area contributed by atoms with Crippen LogP contribution in [0.15, 0.2) is 18.3 Å².